The lowest BCUT2D eigenvalue weighted by atomic mass is 10.6. The molecule has 0 amide bonds. The molecule has 0 rings (SSSR count). The summed E-state index contributed by atoms with van der Waals surface area (Å²) in [5.74, 6) is 0. The third kappa shape index (κ3) is 3.06. The van der Waals surface area contributed by atoms with Crippen molar-refractivity contribution in [2.75, 3.05) is 0 Å². The lowest BCUT2D eigenvalue weighted by Crippen LogP contribution is -1.89. The minimum Gasteiger partial charge on any atom is -0.460 e. The fourth-order valence-corrected chi connectivity index (χ4v) is 0.133. The van der Waals surface area contributed by atoms with Crippen LogP contribution in [0.1, 0.15) is 0 Å². The molecule has 0 saturated heterocycles. The van der Waals surface area contributed by atoms with Gasteiger partial charge in [-0.3, -0.25) is 0 Å². The van der Waals surface area contributed by atoms with Crippen LogP contribution in [0.3, 0.4) is 0 Å². The van der Waals surface area contributed by atoms with Crippen LogP contribution in [0, 0.1) is 6.29 Å². The summed E-state index contributed by atoms with van der Waals surface area (Å²) in [5, 5.41) is 8.36. The Labute approximate surface area is 42.7 Å². The van der Waals surface area contributed by atoms with Crippen molar-refractivity contribution < 1.29 is 9.84 Å². The summed E-state index contributed by atoms with van der Waals surface area (Å²) >= 11 is 0. The Morgan fingerprint density at radius 1 is 1.57 bits per heavy atom. The molecule has 0 fully saturated rings. The molecule has 0 aliphatic heterocycles. The maximum Gasteiger partial charge on any atom is 0.297 e. The molecule has 0 aromatic rings. The van der Waals surface area contributed by atoms with E-state index in [-0.39, 0.29) is 6.29 Å². The van der Waals surface area contributed by atoms with Crippen LogP contribution in [0.4, 0.5) is 0 Å². The molecule has 0 aliphatic rings. The minimum absolute atomic E-state index is 0.227. The maximum atomic E-state index is 8.36. The number of ether oxygens (including phenoxy) is 1. The second kappa shape index (κ2) is 3.43. The highest BCUT2D eigenvalue weighted by Crippen LogP contribution is 1.94. The molecular weight excluding hydrogens is 92.1 g/mol. The first-order valence-corrected chi connectivity index (χ1v) is 1.77. The van der Waals surface area contributed by atoms with E-state index in [0.717, 1.165) is 6.26 Å². The lowest BCUT2D eigenvalue weighted by Gasteiger charge is -1.97. The monoisotopic (exact) mass is 99.0 g/mol. The topological polar surface area (TPSA) is 29.5 Å². The Hall–Kier alpha value is -0.760. The second-order valence-electron chi connectivity index (χ2n) is 0.827. The molecule has 0 bridgehead atoms. The predicted octanol–water partition coefficient (Wildman–Crippen LogP) is 1.19. The van der Waals surface area contributed by atoms with Crippen molar-refractivity contribution in [1.82, 2.24) is 0 Å². The molecule has 0 aromatic heterocycles. The quantitative estimate of drug-likeness (QED) is 0.538. The fourth-order valence-electron chi connectivity index (χ4n) is 0.133. The summed E-state index contributed by atoms with van der Waals surface area (Å²) in [6.45, 7) is 6.42. The first-order valence-electron chi connectivity index (χ1n) is 1.77. The molecule has 0 aliphatic carbocycles. The molecule has 1 N–H and O–H groups in total. The van der Waals surface area contributed by atoms with E-state index in [0.29, 0.717) is 0 Å². The summed E-state index contributed by atoms with van der Waals surface area (Å²) in [5.41, 5.74) is 0. The molecule has 39 valence electrons. The molecule has 0 unspecified atom stereocenters. The van der Waals surface area contributed by atoms with Crippen LogP contribution in [0.5, 0.6) is 0 Å². The van der Waals surface area contributed by atoms with Gasteiger partial charge >= 0.3 is 0 Å². The summed E-state index contributed by atoms with van der Waals surface area (Å²) < 4.78 is 4.31. The van der Waals surface area contributed by atoms with Crippen molar-refractivity contribution in [2.45, 2.75) is 0 Å². The number of aliphatic hydroxyl groups is 1. The highest BCUT2D eigenvalue weighted by Gasteiger charge is 1.91. The average molecular weight is 99.1 g/mol. The van der Waals surface area contributed by atoms with Crippen molar-refractivity contribution in [3.8, 4) is 0 Å². The van der Waals surface area contributed by atoms with Crippen LogP contribution in [0.2, 0.25) is 0 Å². The van der Waals surface area contributed by atoms with E-state index < -0.39 is 0 Å². The predicted molar refractivity (Wildman–Crippen MR) is 26.7 cm³/mol. The van der Waals surface area contributed by atoms with Crippen LogP contribution >= 0.6 is 0 Å². The van der Waals surface area contributed by atoms with Gasteiger partial charge in [-0.15, -0.1) is 0 Å². The number of aliphatic hydroxyl groups excluding tert-OH is 1. The molecule has 0 atom stereocenters. The van der Waals surface area contributed by atoms with E-state index in [1.807, 2.05) is 0 Å². The van der Waals surface area contributed by atoms with Gasteiger partial charge in [-0.25, -0.2) is 0 Å². The van der Waals surface area contributed by atoms with E-state index in [9.17, 15) is 0 Å². The third-order valence-corrected chi connectivity index (χ3v) is 0.379. The van der Waals surface area contributed by atoms with E-state index in [1.54, 1.807) is 0 Å². The average Bonchev–Trinajstić information content (AvgIpc) is 1.68. The Bertz CT molecular complexity index is 68.5. The highest BCUT2D eigenvalue weighted by molar-refractivity contribution is 4.87. The SMILES string of the molecule is C=CO[C](O)C=C. The fraction of sp³-hybridized carbons (Fsp3) is 0. The van der Waals surface area contributed by atoms with Crippen molar-refractivity contribution >= 4 is 0 Å². The molecule has 0 spiro atoms. The number of hydrogen-bond acceptors (Lipinski definition) is 2. The van der Waals surface area contributed by atoms with Crippen molar-refractivity contribution in [3.05, 3.63) is 31.8 Å². The number of rotatable bonds is 3. The van der Waals surface area contributed by atoms with Gasteiger partial charge in [-0.2, -0.15) is 0 Å². The van der Waals surface area contributed by atoms with E-state index >= 15 is 0 Å². The van der Waals surface area contributed by atoms with Gasteiger partial charge in [0.2, 0.25) is 0 Å². The molecule has 0 aromatic carbocycles. The van der Waals surface area contributed by atoms with Crippen molar-refractivity contribution in [3.63, 3.8) is 0 Å². The Balaban J connectivity index is 3.15. The van der Waals surface area contributed by atoms with Crippen LogP contribution in [-0.2, 0) is 4.74 Å². The third-order valence-electron chi connectivity index (χ3n) is 0.379. The standard InChI is InChI=1S/C5H7O2/c1-3-5(6)7-4-2/h3-4,6H,1-2H2. The Morgan fingerprint density at radius 3 is 2.29 bits per heavy atom. The molecule has 0 saturated carbocycles. The van der Waals surface area contributed by atoms with Crippen LogP contribution < -0.4 is 0 Å². The Kier molecular flexibility index (Phi) is 3.06. The molecule has 7 heavy (non-hydrogen) atoms. The zero-order valence-electron chi connectivity index (χ0n) is 3.92. The molecule has 1 radical (unpaired) electrons. The van der Waals surface area contributed by atoms with Gasteiger partial charge in [-0.05, 0) is 6.08 Å². The summed E-state index contributed by atoms with van der Waals surface area (Å²) in [7, 11) is 0. The van der Waals surface area contributed by atoms with Crippen molar-refractivity contribution in [2.24, 2.45) is 0 Å². The first kappa shape index (κ1) is 6.24. The number of hydrogen-bond donors (Lipinski definition) is 1. The summed E-state index contributed by atoms with van der Waals surface area (Å²) in [4.78, 5) is 0. The molecule has 0 heterocycles. The van der Waals surface area contributed by atoms with E-state index in [1.165, 1.54) is 6.08 Å². The van der Waals surface area contributed by atoms with Crippen molar-refractivity contribution in [1.29, 1.82) is 0 Å². The van der Waals surface area contributed by atoms with Crippen LogP contribution in [0.25, 0.3) is 0 Å². The highest BCUT2D eigenvalue weighted by atomic mass is 16.6. The summed E-state index contributed by atoms with van der Waals surface area (Å²) in [6, 6.07) is 0. The molecule has 2 heteroatoms. The molecule has 2 nitrogen and oxygen atoms in total. The van der Waals surface area contributed by atoms with Gasteiger partial charge in [0.1, 0.15) is 0 Å². The normalized spacial score (nSPS) is 8.29. The van der Waals surface area contributed by atoms with Crippen LogP contribution in [0.15, 0.2) is 25.5 Å². The minimum atomic E-state index is -0.227. The van der Waals surface area contributed by atoms with Gasteiger partial charge < -0.3 is 9.84 Å². The zero-order valence-corrected chi connectivity index (χ0v) is 3.92. The van der Waals surface area contributed by atoms with Gasteiger partial charge in [0.25, 0.3) is 6.29 Å². The van der Waals surface area contributed by atoms with E-state index in [2.05, 4.69) is 17.9 Å². The second-order valence-corrected chi connectivity index (χ2v) is 0.827. The zero-order chi connectivity index (χ0) is 5.70. The first-order chi connectivity index (χ1) is 3.31. The maximum absolute atomic E-state index is 8.36. The summed E-state index contributed by atoms with van der Waals surface area (Å²) in [6.07, 6.45) is 2.08. The largest absolute Gasteiger partial charge is 0.460 e. The molecular formula is C5H7O2. The van der Waals surface area contributed by atoms with E-state index in [4.69, 9.17) is 5.11 Å². The van der Waals surface area contributed by atoms with Gasteiger partial charge in [0, 0.05) is 0 Å². The van der Waals surface area contributed by atoms with Gasteiger partial charge in [-0.1, -0.05) is 13.2 Å². The van der Waals surface area contributed by atoms with Gasteiger partial charge in [0.05, 0.1) is 6.26 Å². The van der Waals surface area contributed by atoms with Crippen LogP contribution in [-0.4, -0.2) is 5.11 Å². The van der Waals surface area contributed by atoms with Gasteiger partial charge in [0.15, 0.2) is 0 Å². The Morgan fingerprint density at radius 2 is 2.14 bits per heavy atom. The smallest absolute Gasteiger partial charge is 0.297 e. The lowest BCUT2D eigenvalue weighted by molar-refractivity contribution is 0.0977.